The molecule has 0 saturated carbocycles. The molecule has 1 saturated heterocycles. The minimum absolute atomic E-state index is 0.0914. The molecule has 0 aliphatic carbocycles. The molecule has 0 amide bonds. The van der Waals surface area contributed by atoms with E-state index < -0.39 is 5.92 Å². The fraction of sp³-hybridized carbons (Fsp3) is 0.207. The van der Waals surface area contributed by atoms with Gasteiger partial charge in [0.15, 0.2) is 0 Å². The van der Waals surface area contributed by atoms with Crippen LogP contribution in [0.3, 0.4) is 0 Å². The second kappa shape index (κ2) is 9.74. The number of aromatic nitrogens is 4. The van der Waals surface area contributed by atoms with Gasteiger partial charge in [-0.05, 0) is 64.2 Å². The predicted molar refractivity (Wildman–Crippen MR) is 149 cm³/mol. The van der Waals surface area contributed by atoms with Gasteiger partial charge in [-0.15, -0.1) is 0 Å². The topological polar surface area (TPSA) is 69.7 Å². The SMILES string of the molecule is C=C(Nc1cncc(-c2ccsc2)c1C)c1n[nH]c2ccc(-c3cncc(CN4CCC(F)(F)C4)c3)cc12. The Morgan fingerprint density at radius 3 is 2.76 bits per heavy atom. The van der Waals surface area contributed by atoms with Crippen molar-refractivity contribution in [3.63, 3.8) is 0 Å². The van der Waals surface area contributed by atoms with E-state index in [4.69, 9.17) is 0 Å². The predicted octanol–water partition coefficient (Wildman–Crippen LogP) is 6.98. The van der Waals surface area contributed by atoms with E-state index in [1.54, 1.807) is 34.8 Å². The number of benzene rings is 1. The monoisotopic (exact) mass is 528 g/mol. The number of hydrogen-bond donors (Lipinski definition) is 2. The molecule has 0 spiro atoms. The van der Waals surface area contributed by atoms with Crippen molar-refractivity contribution in [2.24, 2.45) is 0 Å². The minimum Gasteiger partial charge on any atom is -0.353 e. The largest absolute Gasteiger partial charge is 0.353 e. The van der Waals surface area contributed by atoms with Gasteiger partial charge in [0.2, 0.25) is 0 Å². The van der Waals surface area contributed by atoms with Crippen molar-refractivity contribution in [2.75, 3.05) is 18.4 Å². The number of halogens is 2. The van der Waals surface area contributed by atoms with Crippen LogP contribution >= 0.6 is 11.3 Å². The smallest absolute Gasteiger partial charge is 0.261 e. The first-order chi connectivity index (χ1) is 18.4. The quantitative estimate of drug-likeness (QED) is 0.239. The maximum atomic E-state index is 13.6. The number of alkyl halides is 2. The third-order valence-corrected chi connectivity index (χ3v) is 7.65. The van der Waals surface area contributed by atoms with E-state index in [9.17, 15) is 8.78 Å². The Labute approximate surface area is 223 Å². The number of hydrogen-bond acceptors (Lipinski definition) is 6. The molecule has 6 nitrogen and oxygen atoms in total. The van der Waals surface area contributed by atoms with Crippen LogP contribution in [0, 0.1) is 6.92 Å². The molecule has 0 bridgehead atoms. The van der Waals surface area contributed by atoms with Crippen LogP contribution < -0.4 is 5.32 Å². The third kappa shape index (κ3) is 4.82. The lowest BCUT2D eigenvalue weighted by Crippen LogP contribution is -2.24. The molecule has 9 heteroatoms. The van der Waals surface area contributed by atoms with Gasteiger partial charge in [-0.2, -0.15) is 16.4 Å². The van der Waals surface area contributed by atoms with Gasteiger partial charge in [0, 0.05) is 54.6 Å². The van der Waals surface area contributed by atoms with Crippen molar-refractivity contribution in [3.05, 3.63) is 89.3 Å². The van der Waals surface area contributed by atoms with Crippen molar-refractivity contribution < 1.29 is 8.78 Å². The molecule has 1 aliphatic rings. The van der Waals surface area contributed by atoms with Gasteiger partial charge in [0.25, 0.3) is 5.92 Å². The molecule has 0 atom stereocenters. The van der Waals surface area contributed by atoms with Crippen LogP contribution in [0.1, 0.15) is 23.2 Å². The lowest BCUT2D eigenvalue weighted by Gasteiger charge is -2.16. The molecule has 4 aromatic heterocycles. The van der Waals surface area contributed by atoms with Gasteiger partial charge in [-0.3, -0.25) is 20.0 Å². The summed E-state index contributed by atoms with van der Waals surface area (Å²) in [5.41, 5.74) is 9.21. The Balaban J connectivity index is 1.26. The summed E-state index contributed by atoms with van der Waals surface area (Å²) in [5.74, 6) is -2.61. The van der Waals surface area contributed by atoms with Gasteiger partial charge < -0.3 is 5.32 Å². The Morgan fingerprint density at radius 2 is 1.97 bits per heavy atom. The standard InChI is InChI=1S/C29H26F2N6S/c1-18-25(22-5-8-38-16-22)13-33-14-27(18)34-19(2)28-24-10-21(3-4-26(24)35-36-28)23-9-20(11-32-12-23)15-37-7-6-29(30,31)17-37/h3-5,8-14,16,34H,2,6-7,15,17H2,1H3,(H,35,36). The van der Waals surface area contributed by atoms with Crippen molar-refractivity contribution in [1.82, 2.24) is 25.1 Å². The first-order valence-corrected chi connectivity index (χ1v) is 13.3. The Hall–Kier alpha value is -3.95. The van der Waals surface area contributed by atoms with Crippen LogP contribution in [0.4, 0.5) is 14.5 Å². The highest BCUT2D eigenvalue weighted by molar-refractivity contribution is 7.08. The summed E-state index contributed by atoms with van der Waals surface area (Å²) in [4.78, 5) is 10.6. The molecule has 5 heterocycles. The zero-order valence-electron chi connectivity index (χ0n) is 20.8. The summed E-state index contributed by atoms with van der Waals surface area (Å²) < 4.78 is 27.2. The van der Waals surface area contributed by atoms with Crippen molar-refractivity contribution in [1.29, 1.82) is 0 Å². The summed E-state index contributed by atoms with van der Waals surface area (Å²) in [6, 6.07) is 10.1. The molecule has 38 heavy (non-hydrogen) atoms. The molecule has 0 radical (unpaired) electrons. The van der Waals surface area contributed by atoms with Gasteiger partial charge in [0.1, 0.15) is 5.69 Å². The van der Waals surface area contributed by atoms with Crippen LogP contribution in [0.25, 0.3) is 38.9 Å². The number of anilines is 1. The Bertz CT molecular complexity index is 1630. The first-order valence-electron chi connectivity index (χ1n) is 12.3. The van der Waals surface area contributed by atoms with Crippen molar-refractivity contribution in [3.8, 4) is 22.3 Å². The maximum Gasteiger partial charge on any atom is 0.261 e. The Kier molecular flexibility index (Phi) is 6.25. The van der Waals surface area contributed by atoms with Gasteiger partial charge in [-0.25, -0.2) is 8.78 Å². The number of aromatic amines is 1. The molecule has 1 fully saturated rings. The summed E-state index contributed by atoms with van der Waals surface area (Å²) in [5, 5.41) is 16.1. The van der Waals surface area contributed by atoms with E-state index in [1.165, 1.54) is 0 Å². The van der Waals surface area contributed by atoms with Crippen molar-refractivity contribution in [2.45, 2.75) is 25.8 Å². The molecule has 2 N–H and O–H groups in total. The third-order valence-electron chi connectivity index (χ3n) is 6.96. The zero-order chi connectivity index (χ0) is 26.3. The number of H-pyrrole nitrogens is 1. The van der Waals surface area contributed by atoms with Crippen LogP contribution in [-0.2, 0) is 6.54 Å². The normalized spacial score (nSPS) is 15.2. The summed E-state index contributed by atoms with van der Waals surface area (Å²) in [7, 11) is 0. The highest BCUT2D eigenvalue weighted by Crippen LogP contribution is 2.33. The highest BCUT2D eigenvalue weighted by Gasteiger charge is 2.37. The fourth-order valence-electron chi connectivity index (χ4n) is 4.94. The van der Waals surface area contributed by atoms with Gasteiger partial charge >= 0.3 is 0 Å². The second-order valence-corrected chi connectivity index (χ2v) is 10.5. The van der Waals surface area contributed by atoms with E-state index >= 15 is 0 Å². The summed E-state index contributed by atoms with van der Waals surface area (Å²) in [6.07, 6.45) is 7.12. The van der Waals surface area contributed by atoms with E-state index in [0.29, 0.717) is 24.5 Å². The number of pyridine rings is 2. The zero-order valence-corrected chi connectivity index (χ0v) is 21.7. The number of thiophene rings is 1. The molecule has 0 unspecified atom stereocenters. The summed E-state index contributed by atoms with van der Waals surface area (Å²) in [6.45, 7) is 6.96. The molecular weight excluding hydrogens is 502 g/mol. The lowest BCUT2D eigenvalue weighted by molar-refractivity contribution is 0.0115. The van der Waals surface area contributed by atoms with E-state index in [0.717, 1.165) is 50.0 Å². The minimum atomic E-state index is -2.61. The average molecular weight is 529 g/mol. The van der Waals surface area contributed by atoms with Crippen LogP contribution in [-0.4, -0.2) is 44.1 Å². The van der Waals surface area contributed by atoms with Gasteiger partial charge in [-0.1, -0.05) is 12.6 Å². The number of nitrogens with one attached hydrogen (secondary N) is 2. The molecule has 1 aliphatic heterocycles. The second-order valence-electron chi connectivity index (χ2n) is 9.71. The molecule has 1 aromatic carbocycles. The molecule has 5 aromatic rings. The Morgan fingerprint density at radius 1 is 1.11 bits per heavy atom. The number of rotatable bonds is 7. The maximum absolute atomic E-state index is 13.6. The van der Waals surface area contributed by atoms with Crippen LogP contribution in [0.2, 0.25) is 0 Å². The van der Waals surface area contributed by atoms with Crippen molar-refractivity contribution >= 4 is 33.6 Å². The van der Waals surface area contributed by atoms with Crippen LogP contribution in [0.5, 0.6) is 0 Å². The first kappa shape index (κ1) is 24.4. The highest BCUT2D eigenvalue weighted by atomic mass is 32.1. The summed E-state index contributed by atoms with van der Waals surface area (Å²) >= 11 is 1.65. The number of likely N-dealkylation sites (tertiary alicyclic amines) is 1. The molecular formula is C29H26F2N6S. The molecule has 6 rings (SSSR count). The average Bonchev–Trinajstić information content (AvgIpc) is 3.65. The molecule has 192 valence electrons. The number of nitrogens with zero attached hydrogens (tertiary/aromatic N) is 4. The van der Waals surface area contributed by atoms with E-state index in [1.807, 2.05) is 24.4 Å². The van der Waals surface area contributed by atoms with E-state index in [2.05, 4.69) is 61.9 Å². The van der Waals surface area contributed by atoms with Gasteiger partial charge in [0.05, 0.1) is 29.6 Å². The van der Waals surface area contributed by atoms with E-state index in [-0.39, 0.29) is 13.0 Å². The number of fused-ring (bicyclic) bond motifs is 1. The lowest BCUT2D eigenvalue weighted by atomic mass is 10.0. The van der Waals surface area contributed by atoms with Crippen LogP contribution in [0.15, 0.2) is 72.5 Å². The fourth-order valence-corrected chi connectivity index (χ4v) is 5.59.